The molecule has 29 heavy (non-hydrogen) atoms. The van der Waals surface area contributed by atoms with Crippen molar-refractivity contribution in [3.05, 3.63) is 65.2 Å². The molecule has 4 rings (SSSR count). The highest BCUT2D eigenvalue weighted by Crippen LogP contribution is 2.24. The molecule has 2 N–H and O–H groups in total. The van der Waals surface area contributed by atoms with Crippen LogP contribution < -0.4 is 15.5 Å². The van der Waals surface area contributed by atoms with E-state index in [-0.39, 0.29) is 23.4 Å². The first-order chi connectivity index (χ1) is 13.9. The number of imidazole rings is 1. The molecule has 0 atom stereocenters. The highest BCUT2D eigenvalue weighted by molar-refractivity contribution is 5.54. The number of phenols is 1. The van der Waals surface area contributed by atoms with E-state index in [0.29, 0.717) is 0 Å². The summed E-state index contributed by atoms with van der Waals surface area (Å²) in [5, 5.41) is 19.5. The fourth-order valence-corrected chi connectivity index (χ4v) is 3.83. The minimum absolute atomic E-state index is 0.0283. The first-order valence-corrected chi connectivity index (χ1v) is 9.86. The molecule has 1 aliphatic heterocycles. The molecule has 0 saturated carbocycles. The molecule has 3 aromatic rings. The summed E-state index contributed by atoms with van der Waals surface area (Å²) in [6.45, 7) is 7.32. The molecule has 7 heteroatoms. The fourth-order valence-electron chi connectivity index (χ4n) is 3.83. The van der Waals surface area contributed by atoms with Crippen molar-refractivity contribution in [2.45, 2.75) is 19.9 Å². The summed E-state index contributed by atoms with van der Waals surface area (Å²) in [4.78, 5) is 17.2. The zero-order valence-corrected chi connectivity index (χ0v) is 16.7. The summed E-state index contributed by atoms with van der Waals surface area (Å²) < 4.78 is 2.85. The third-order valence-corrected chi connectivity index (χ3v) is 5.41. The van der Waals surface area contributed by atoms with Crippen molar-refractivity contribution in [3.63, 3.8) is 0 Å². The maximum atomic E-state index is 12.5. The molecule has 0 amide bonds. The summed E-state index contributed by atoms with van der Waals surface area (Å²) in [7, 11) is 0. The number of piperazine rings is 1. The molecule has 152 valence electrons. The van der Waals surface area contributed by atoms with Crippen LogP contribution in [0.4, 0.5) is 11.4 Å². The molecule has 1 aliphatic rings. The SMILES string of the molecule is CC(C)n1c(O)cn(-c2ccc(N3CCN(c4ccc(O)cc4)CC3)cc2)c1=O. The van der Waals surface area contributed by atoms with Crippen molar-refractivity contribution in [1.82, 2.24) is 9.13 Å². The Hall–Kier alpha value is -3.35. The quantitative estimate of drug-likeness (QED) is 0.712. The van der Waals surface area contributed by atoms with Crippen LogP contribution in [0, 0.1) is 0 Å². The summed E-state index contributed by atoms with van der Waals surface area (Å²) in [5.74, 6) is 0.253. The molecule has 1 aromatic heterocycles. The number of nitrogens with zero attached hydrogens (tertiary/aromatic N) is 4. The summed E-state index contributed by atoms with van der Waals surface area (Å²) in [5.41, 5.74) is 2.72. The van der Waals surface area contributed by atoms with Crippen molar-refractivity contribution < 1.29 is 10.2 Å². The Morgan fingerprint density at radius 3 is 1.66 bits per heavy atom. The van der Waals surface area contributed by atoms with Gasteiger partial charge in [-0.3, -0.25) is 9.13 Å². The lowest BCUT2D eigenvalue weighted by molar-refractivity contribution is 0.395. The maximum absolute atomic E-state index is 12.5. The lowest BCUT2D eigenvalue weighted by Crippen LogP contribution is -2.46. The Balaban J connectivity index is 1.46. The molecule has 0 aliphatic carbocycles. The van der Waals surface area contributed by atoms with E-state index >= 15 is 0 Å². The lowest BCUT2D eigenvalue weighted by Gasteiger charge is -2.37. The monoisotopic (exact) mass is 394 g/mol. The van der Waals surface area contributed by atoms with Gasteiger partial charge in [0.15, 0.2) is 0 Å². The predicted molar refractivity (Wildman–Crippen MR) is 115 cm³/mol. The number of benzene rings is 2. The third-order valence-electron chi connectivity index (χ3n) is 5.41. The van der Waals surface area contributed by atoms with Gasteiger partial charge in [-0.25, -0.2) is 4.79 Å². The van der Waals surface area contributed by atoms with Crippen molar-refractivity contribution in [2.24, 2.45) is 0 Å². The van der Waals surface area contributed by atoms with Gasteiger partial charge in [0.1, 0.15) is 5.75 Å². The molecule has 1 saturated heterocycles. The van der Waals surface area contributed by atoms with E-state index in [1.807, 2.05) is 50.2 Å². The van der Waals surface area contributed by atoms with Crippen LogP contribution >= 0.6 is 0 Å². The Labute approximate surface area is 169 Å². The van der Waals surface area contributed by atoms with Gasteiger partial charge < -0.3 is 20.0 Å². The van der Waals surface area contributed by atoms with Crippen LogP contribution in [0.2, 0.25) is 0 Å². The normalized spacial score (nSPS) is 14.6. The topological polar surface area (TPSA) is 73.9 Å². The summed E-state index contributed by atoms with van der Waals surface area (Å²) in [6, 6.07) is 15.1. The second-order valence-corrected chi connectivity index (χ2v) is 7.61. The third kappa shape index (κ3) is 3.68. The molecule has 0 unspecified atom stereocenters. The Morgan fingerprint density at radius 2 is 1.21 bits per heavy atom. The van der Waals surface area contributed by atoms with Gasteiger partial charge in [-0.1, -0.05) is 0 Å². The van der Waals surface area contributed by atoms with E-state index in [1.54, 1.807) is 12.1 Å². The minimum Gasteiger partial charge on any atom is -0.508 e. The van der Waals surface area contributed by atoms with Gasteiger partial charge in [-0.15, -0.1) is 0 Å². The van der Waals surface area contributed by atoms with E-state index in [4.69, 9.17) is 0 Å². The van der Waals surface area contributed by atoms with Crippen LogP contribution in [0.5, 0.6) is 11.6 Å². The van der Waals surface area contributed by atoms with E-state index in [9.17, 15) is 15.0 Å². The number of hydrogen-bond donors (Lipinski definition) is 2. The number of hydrogen-bond acceptors (Lipinski definition) is 5. The summed E-state index contributed by atoms with van der Waals surface area (Å²) >= 11 is 0. The molecular weight excluding hydrogens is 368 g/mol. The first kappa shape index (κ1) is 19.0. The molecule has 0 radical (unpaired) electrons. The standard InChI is InChI=1S/C22H26N4O3/c1-16(2)26-21(28)15-25(22(26)29)19-5-3-17(4-6-19)23-11-13-24(14-12-23)18-7-9-20(27)10-8-18/h3-10,15-16,27-28H,11-14H2,1-2H3. The second kappa shape index (κ2) is 7.58. The predicted octanol–water partition coefficient (Wildman–Crippen LogP) is 2.96. The van der Waals surface area contributed by atoms with Gasteiger partial charge in [0.2, 0.25) is 5.88 Å². The highest BCUT2D eigenvalue weighted by atomic mass is 16.3. The zero-order chi connectivity index (χ0) is 20.5. The van der Waals surface area contributed by atoms with Crippen LogP contribution in [0.15, 0.2) is 59.5 Å². The number of aromatic hydroxyl groups is 2. The van der Waals surface area contributed by atoms with Gasteiger partial charge in [0, 0.05) is 43.6 Å². The van der Waals surface area contributed by atoms with Gasteiger partial charge in [-0.2, -0.15) is 0 Å². The van der Waals surface area contributed by atoms with Crippen LogP contribution in [-0.2, 0) is 0 Å². The van der Waals surface area contributed by atoms with Crippen molar-refractivity contribution in [3.8, 4) is 17.3 Å². The van der Waals surface area contributed by atoms with E-state index in [2.05, 4.69) is 9.80 Å². The van der Waals surface area contributed by atoms with Gasteiger partial charge in [-0.05, 0) is 62.4 Å². The van der Waals surface area contributed by atoms with Crippen LogP contribution in [0.25, 0.3) is 5.69 Å². The van der Waals surface area contributed by atoms with Crippen molar-refractivity contribution in [1.29, 1.82) is 0 Å². The smallest absolute Gasteiger partial charge is 0.335 e. The molecule has 2 aromatic carbocycles. The van der Waals surface area contributed by atoms with Gasteiger partial charge in [0.25, 0.3) is 0 Å². The number of aromatic nitrogens is 2. The first-order valence-electron chi connectivity index (χ1n) is 9.86. The van der Waals surface area contributed by atoms with Gasteiger partial charge in [0.05, 0.1) is 11.9 Å². The fraction of sp³-hybridized carbons (Fsp3) is 0.318. The molecule has 0 bridgehead atoms. The molecule has 0 spiro atoms. The number of rotatable bonds is 4. The zero-order valence-electron chi connectivity index (χ0n) is 16.7. The van der Waals surface area contributed by atoms with Crippen molar-refractivity contribution in [2.75, 3.05) is 36.0 Å². The number of phenolic OH excluding ortho intramolecular Hbond substituents is 1. The lowest BCUT2D eigenvalue weighted by atomic mass is 10.2. The minimum atomic E-state index is -0.243. The Kier molecular flexibility index (Phi) is 4.96. The average Bonchev–Trinajstić information content (AvgIpc) is 3.03. The summed E-state index contributed by atoms with van der Waals surface area (Å²) in [6.07, 6.45) is 1.47. The van der Waals surface area contributed by atoms with Crippen LogP contribution in [0.3, 0.4) is 0 Å². The molecule has 1 fully saturated rings. The van der Waals surface area contributed by atoms with E-state index in [0.717, 1.165) is 43.2 Å². The number of anilines is 2. The highest BCUT2D eigenvalue weighted by Gasteiger charge is 2.18. The largest absolute Gasteiger partial charge is 0.508 e. The maximum Gasteiger partial charge on any atom is 0.335 e. The molecular formula is C22H26N4O3. The average molecular weight is 394 g/mol. The van der Waals surface area contributed by atoms with Gasteiger partial charge >= 0.3 is 5.69 Å². The van der Waals surface area contributed by atoms with Crippen LogP contribution in [0.1, 0.15) is 19.9 Å². The second-order valence-electron chi connectivity index (χ2n) is 7.61. The molecule has 7 nitrogen and oxygen atoms in total. The van der Waals surface area contributed by atoms with Crippen LogP contribution in [-0.4, -0.2) is 45.5 Å². The Morgan fingerprint density at radius 1 is 0.759 bits per heavy atom. The van der Waals surface area contributed by atoms with E-state index in [1.165, 1.54) is 15.3 Å². The van der Waals surface area contributed by atoms with Crippen molar-refractivity contribution >= 4 is 11.4 Å². The molecule has 2 heterocycles. The Bertz CT molecular complexity index is 1030. The van der Waals surface area contributed by atoms with E-state index < -0.39 is 0 Å².